The Bertz CT molecular complexity index is 430. The van der Waals surface area contributed by atoms with Crippen molar-refractivity contribution in [3.63, 3.8) is 0 Å². The van der Waals surface area contributed by atoms with Crippen molar-refractivity contribution in [3.8, 4) is 0 Å². The van der Waals surface area contributed by atoms with Crippen LogP contribution in [0.4, 0.5) is 0 Å². The van der Waals surface area contributed by atoms with E-state index in [2.05, 4.69) is 74.5 Å². The van der Waals surface area contributed by atoms with Crippen molar-refractivity contribution >= 4 is 0 Å². The van der Waals surface area contributed by atoms with Crippen molar-refractivity contribution in [2.24, 2.45) is 5.92 Å². The second kappa shape index (κ2) is 7.89. The van der Waals surface area contributed by atoms with Crippen molar-refractivity contribution in [1.82, 2.24) is 0 Å². The quantitative estimate of drug-likeness (QED) is 0.536. The Kier molecular flexibility index (Phi) is 5.86. The standard InChI is InChI=1S/C20H26/c1-17(2)11-9-10-16-20(18-12-5-3-6-13-18)19-14-7-4-8-15-19/h3-8,12-15,17,20H,9-11,16H2,1-2H3. The van der Waals surface area contributed by atoms with Crippen molar-refractivity contribution in [3.05, 3.63) is 71.8 Å². The van der Waals surface area contributed by atoms with E-state index in [1.807, 2.05) is 0 Å². The lowest BCUT2D eigenvalue weighted by molar-refractivity contribution is 0.516. The Hall–Kier alpha value is -1.56. The van der Waals surface area contributed by atoms with E-state index < -0.39 is 0 Å². The maximum absolute atomic E-state index is 2.31. The predicted molar refractivity (Wildman–Crippen MR) is 88.0 cm³/mol. The highest BCUT2D eigenvalue weighted by Gasteiger charge is 2.13. The topological polar surface area (TPSA) is 0 Å². The lowest BCUT2D eigenvalue weighted by Gasteiger charge is -2.18. The molecular weight excluding hydrogens is 240 g/mol. The molecule has 0 amide bonds. The molecule has 0 spiro atoms. The second-order valence-electron chi connectivity index (χ2n) is 6.05. The van der Waals surface area contributed by atoms with E-state index in [-0.39, 0.29) is 0 Å². The predicted octanol–water partition coefficient (Wildman–Crippen LogP) is 6.03. The molecule has 0 heterocycles. The first-order valence-electron chi connectivity index (χ1n) is 7.87. The third-order valence-corrected chi connectivity index (χ3v) is 3.93. The minimum absolute atomic E-state index is 0.546. The molecular formula is C20H26. The summed E-state index contributed by atoms with van der Waals surface area (Å²) in [5.41, 5.74) is 2.89. The summed E-state index contributed by atoms with van der Waals surface area (Å²) >= 11 is 0. The fraction of sp³-hybridized carbons (Fsp3) is 0.400. The highest BCUT2D eigenvalue weighted by molar-refractivity contribution is 5.32. The lowest BCUT2D eigenvalue weighted by atomic mass is 9.86. The molecule has 0 aliphatic carbocycles. The van der Waals surface area contributed by atoms with Crippen LogP contribution in [0.1, 0.15) is 56.6 Å². The minimum atomic E-state index is 0.546. The van der Waals surface area contributed by atoms with Crippen LogP contribution in [0.25, 0.3) is 0 Å². The van der Waals surface area contributed by atoms with Crippen LogP contribution in [0.15, 0.2) is 60.7 Å². The Morgan fingerprint density at radius 2 is 1.10 bits per heavy atom. The van der Waals surface area contributed by atoms with Crippen LogP contribution in [-0.2, 0) is 0 Å². The number of hydrogen-bond acceptors (Lipinski definition) is 0. The minimum Gasteiger partial charge on any atom is -0.0628 e. The monoisotopic (exact) mass is 266 g/mol. The molecule has 2 aromatic carbocycles. The zero-order valence-electron chi connectivity index (χ0n) is 12.8. The van der Waals surface area contributed by atoms with E-state index in [1.165, 1.54) is 36.8 Å². The van der Waals surface area contributed by atoms with Crippen molar-refractivity contribution < 1.29 is 0 Å². The van der Waals surface area contributed by atoms with Crippen LogP contribution in [0.5, 0.6) is 0 Å². The number of benzene rings is 2. The van der Waals surface area contributed by atoms with Gasteiger partial charge < -0.3 is 0 Å². The van der Waals surface area contributed by atoms with E-state index in [1.54, 1.807) is 0 Å². The van der Waals surface area contributed by atoms with Gasteiger partial charge in [-0.15, -0.1) is 0 Å². The maximum atomic E-state index is 2.31. The summed E-state index contributed by atoms with van der Waals surface area (Å²) in [7, 11) is 0. The van der Waals surface area contributed by atoms with Gasteiger partial charge in [0.15, 0.2) is 0 Å². The van der Waals surface area contributed by atoms with Gasteiger partial charge in [-0.25, -0.2) is 0 Å². The molecule has 0 saturated carbocycles. The molecule has 0 nitrogen and oxygen atoms in total. The molecule has 2 rings (SSSR count). The van der Waals surface area contributed by atoms with E-state index in [9.17, 15) is 0 Å². The highest BCUT2D eigenvalue weighted by atomic mass is 14.2. The average molecular weight is 266 g/mol. The molecule has 0 radical (unpaired) electrons. The summed E-state index contributed by atoms with van der Waals surface area (Å²) in [4.78, 5) is 0. The van der Waals surface area contributed by atoms with Gasteiger partial charge in [-0.2, -0.15) is 0 Å². The summed E-state index contributed by atoms with van der Waals surface area (Å²) in [6, 6.07) is 21.9. The molecule has 0 heteroatoms. The molecule has 0 aromatic heterocycles. The molecule has 106 valence electrons. The normalized spacial score (nSPS) is 11.2. The number of unbranched alkanes of at least 4 members (excludes halogenated alkanes) is 1. The summed E-state index contributed by atoms with van der Waals surface area (Å²) in [6.07, 6.45) is 5.25. The first-order valence-corrected chi connectivity index (χ1v) is 7.87. The molecule has 0 aliphatic heterocycles. The molecule has 0 bridgehead atoms. The SMILES string of the molecule is CC(C)CCCCC(c1ccccc1)c1ccccc1. The fourth-order valence-electron chi connectivity index (χ4n) is 2.80. The molecule has 0 unspecified atom stereocenters. The summed E-state index contributed by atoms with van der Waals surface area (Å²) < 4.78 is 0. The Labute approximate surface area is 123 Å². The molecule has 0 fully saturated rings. The van der Waals surface area contributed by atoms with Gasteiger partial charge in [0, 0.05) is 5.92 Å². The molecule has 0 atom stereocenters. The third kappa shape index (κ3) is 4.52. The van der Waals surface area contributed by atoms with Crippen molar-refractivity contribution in [2.75, 3.05) is 0 Å². The lowest BCUT2D eigenvalue weighted by Crippen LogP contribution is -2.01. The number of rotatable bonds is 7. The molecule has 0 N–H and O–H groups in total. The van der Waals surface area contributed by atoms with Crippen LogP contribution >= 0.6 is 0 Å². The van der Waals surface area contributed by atoms with Crippen LogP contribution < -0.4 is 0 Å². The Morgan fingerprint density at radius 1 is 0.650 bits per heavy atom. The van der Waals surface area contributed by atoms with E-state index in [0.29, 0.717) is 5.92 Å². The second-order valence-corrected chi connectivity index (χ2v) is 6.05. The van der Waals surface area contributed by atoms with Gasteiger partial charge in [-0.3, -0.25) is 0 Å². The first-order chi connectivity index (χ1) is 9.77. The zero-order valence-corrected chi connectivity index (χ0v) is 12.8. The zero-order chi connectivity index (χ0) is 14.2. The van der Waals surface area contributed by atoms with E-state index >= 15 is 0 Å². The van der Waals surface area contributed by atoms with E-state index in [0.717, 1.165) is 5.92 Å². The summed E-state index contributed by atoms with van der Waals surface area (Å²) in [5.74, 6) is 1.37. The van der Waals surface area contributed by atoms with Crippen LogP contribution in [0.3, 0.4) is 0 Å². The Balaban J connectivity index is 2.06. The third-order valence-electron chi connectivity index (χ3n) is 3.93. The van der Waals surface area contributed by atoms with Gasteiger partial charge in [-0.05, 0) is 23.5 Å². The molecule has 0 saturated heterocycles. The van der Waals surface area contributed by atoms with E-state index in [4.69, 9.17) is 0 Å². The van der Waals surface area contributed by atoms with Gasteiger partial charge in [0.25, 0.3) is 0 Å². The van der Waals surface area contributed by atoms with Gasteiger partial charge in [0.1, 0.15) is 0 Å². The number of hydrogen-bond donors (Lipinski definition) is 0. The van der Waals surface area contributed by atoms with Crippen molar-refractivity contribution in [1.29, 1.82) is 0 Å². The Morgan fingerprint density at radius 3 is 1.55 bits per heavy atom. The van der Waals surface area contributed by atoms with Crippen LogP contribution in [0, 0.1) is 5.92 Å². The molecule has 2 aromatic rings. The van der Waals surface area contributed by atoms with Crippen LogP contribution in [-0.4, -0.2) is 0 Å². The first kappa shape index (κ1) is 14.8. The van der Waals surface area contributed by atoms with Gasteiger partial charge in [-0.1, -0.05) is 93.8 Å². The largest absolute Gasteiger partial charge is 0.0628 e. The highest BCUT2D eigenvalue weighted by Crippen LogP contribution is 2.30. The maximum Gasteiger partial charge on any atom is 0.00893 e. The van der Waals surface area contributed by atoms with Gasteiger partial charge in [0.05, 0.1) is 0 Å². The van der Waals surface area contributed by atoms with Gasteiger partial charge >= 0.3 is 0 Å². The molecule has 20 heavy (non-hydrogen) atoms. The van der Waals surface area contributed by atoms with Crippen LogP contribution in [0.2, 0.25) is 0 Å². The molecule has 0 aliphatic rings. The van der Waals surface area contributed by atoms with Crippen molar-refractivity contribution in [2.45, 2.75) is 45.4 Å². The summed E-state index contributed by atoms with van der Waals surface area (Å²) in [5, 5.41) is 0. The smallest absolute Gasteiger partial charge is 0.00893 e. The summed E-state index contributed by atoms with van der Waals surface area (Å²) in [6.45, 7) is 4.62. The van der Waals surface area contributed by atoms with Gasteiger partial charge in [0.2, 0.25) is 0 Å². The fourth-order valence-corrected chi connectivity index (χ4v) is 2.80. The average Bonchev–Trinajstić information content (AvgIpc) is 2.49.